The topological polar surface area (TPSA) is 50.2 Å². The van der Waals surface area contributed by atoms with E-state index in [1.807, 2.05) is 24.3 Å². The predicted octanol–water partition coefficient (Wildman–Crippen LogP) is 4.67. The quantitative estimate of drug-likeness (QED) is 0.784. The number of nitrogens with zero attached hydrogens (tertiary/aromatic N) is 1. The maximum atomic E-state index is 11.5. The number of aliphatic carboxylic acids is 1. The van der Waals surface area contributed by atoms with E-state index in [9.17, 15) is 9.90 Å². The summed E-state index contributed by atoms with van der Waals surface area (Å²) in [6.07, 6.45) is 1.89. The summed E-state index contributed by atoms with van der Waals surface area (Å²) < 4.78 is 1.63. The lowest BCUT2D eigenvalue weighted by Crippen LogP contribution is -2.16. The van der Waals surface area contributed by atoms with Crippen molar-refractivity contribution in [2.75, 3.05) is 0 Å². The van der Waals surface area contributed by atoms with Crippen LogP contribution in [0.15, 0.2) is 45.5 Å². The highest BCUT2D eigenvalue weighted by molar-refractivity contribution is 9.10. The van der Waals surface area contributed by atoms with Gasteiger partial charge in [0.25, 0.3) is 0 Å². The molecule has 0 saturated heterocycles. The zero-order valence-corrected chi connectivity index (χ0v) is 14.1. The Kier molecular flexibility index (Phi) is 5.18. The highest BCUT2D eigenvalue weighted by Gasteiger charge is 2.24. The molecule has 0 aliphatic carbocycles. The molecule has 1 atom stereocenters. The Labute approximate surface area is 138 Å². The molecular weight excluding hydrogens is 409 g/mol. The number of carboxylic acid groups (broad SMARTS) is 1. The molecule has 0 bridgehead atoms. The van der Waals surface area contributed by atoms with E-state index in [2.05, 4.69) is 36.8 Å². The molecule has 0 fully saturated rings. The van der Waals surface area contributed by atoms with Gasteiger partial charge in [0.2, 0.25) is 0 Å². The molecule has 0 aliphatic rings. The minimum atomic E-state index is -0.943. The molecule has 0 radical (unpaired) electrons. The molecule has 0 spiro atoms. The van der Waals surface area contributed by atoms with Gasteiger partial charge in [0.15, 0.2) is 0 Å². The molecule has 0 saturated carbocycles. The van der Waals surface area contributed by atoms with E-state index in [1.54, 1.807) is 12.3 Å². The summed E-state index contributed by atoms with van der Waals surface area (Å²) in [5.41, 5.74) is 1.29. The second-order valence-corrected chi connectivity index (χ2v) is 6.48. The van der Waals surface area contributed by atoms with Crippen molar-refractivity contribution >= 4 is 49.4 Å². The van der Waals surface area contributed by atoms with E-state index >= 15 is 0 Å². The van der Waals surface area contributed by atoms with Gasteiger partial charge >= 0.3 is 5.97 Å². The van der Waals surface area contributed by atoms with Crippen molar-refractivity contribution < 1.29 is 9.90 Å². The summed E-state index contributed by atoms with van der Waals surface area (Å²) in [6.45, 7) is 0. The van der Waals surface area contributed by atoms with Crippen LogP contribution in [0, 0.1) is 0 Å². The number of hydrogen-bond acceptors (Lipinski definition) is 2. The molecule has 104 valence electrons. The Morgan fingerprint density at radius 1 is 1.30 bits per heavy atom. The fraction of sp³-hybridized carbons (Fsp3) is 0.143. The lowest BCUT2D eigenvalue weighted by atomic mass is 9.96. The maximum Gasteiger partial charge on any atom is 0.312 e. The molecule has 0 amide bonds. The van der Waals surface area contributed by atoms with E-state index in [0.717, 1.165) is 14.5 Å². The van der Waals surface area contributed by atoms with Crippen molar-refractivity contribution in [2.45, 2.75) is 12.3 Å². The van der Waals surface area contributed by atoms with Gasteiger partial charge in [-0.05, 0) is 46.1 Å². The van der Waals surface area contributed by atoms with Crippen molar-refractivity contribution in [2.24, 2.45) is 0 Å². The van der Waals surface area contributed by atoms with Crippen LogP contribution in [0.1, 0.15) is 17.2 Å². The van der Waals surface area contributed by atoms with Crippen LogP contribution in [0.25, 0.3) is 0 Å². The second-order valence-electron chi connectivity index (χ2n) is 4.25. The van der Waals surface area contributed by atoms with Crippen LogP contribution in [0.4, 0.5) is 0 Å². The van der Waals surface area contributed by atoms with Gasteiger partial charge in [-0.15, -0.1) is 0 Å². The van der Waals surface area contributed by atoms with Gasteiger partial charge < -0.3 is 5.11 Å². The molecule has 2 rings (SSSR count). The Bertz CT molecular complexity index is 649. The van der Waals surface area contributed by atoms with Gasteiger partial charge in [0.1, 0.15) is 5.92 Å². The van der Waals surface area contributed by atoms with Crippen molar-refractivity contribution in [3.63, 3.8) is 0 Å². The summed E-state index contributed by atoms with van der Waals surface area (Å²) in [7, 11) is 0. The third-order valence-electron chi connectivity index (χ3n) is 2.79. The Morgan fingerprint density at radius 2 is 2.05 bits per heavy atom. The third-order valence-corrected chi connectivity index (χ3v) is 4.02. The number of carbonyl (C=O) groups is 1. The zero-order valence-electron chi connectivity index (χ0n) is 10.2. The molecule has 1 heterocycles. The smallest absolute Gasteiger partial charge is 0.312 e. The Hall–Kier alpha value is -0.910. The summed E-state index contributed by atoms with van der Waals surface area (Å²) in [6, 6.07) is 9.19. The maximum absolute atomic E-state index is 11.5. The average molecular weight is 420 g/mol. The minimum Gasteiger partial charge on any atom is -0.481 e. The highest BCUT2D eigenvalue weighted by atomic mass is 79.9. The number of benzene rings is 1. The third kappa shape index (κ3) is 3.81. The van der Waals surface area contributed by atoms with Crippen LogP contribution >= 0.6 is 43.5 Å². The molecule has 2 aromatic rings. The van der Waals surface area contributed by atoms with Gasteiger partial charge in [0.05, 0.1) is 10.7 Å². The van der Waals surface area contributed by atoms with E-state index in [1.165, 1.54) is 0 Å². The number of pyridine rings is 1. The first-order chi connectivity index (χ1) is 9.47. The van der Waals surface area contributed by atoms with E-state index in [4.69, 9.17) is 11.6 Å². The summed E-state index contributed by atoms with van der Waals surface area (Å²) in [5.74, 6) is -1.72. The van der Waals surface area contributed by atoms with Crippen LogP contribution in [0.2, 0.25) is 5.02 Å². The first kappa shape index (κ1) is 15.5. The van der Waals surface area contributed by atoms with E-state index in [0.29, 0.717) is 17.1 Å². The summed E-state index contributed by atoms with van der Waals surface area (Å²) >= 11 is 12.7. The number of halogens is 3. The van der Waals surface area contributed by atoms with Crippen LogP contribution < -0.4 is 0 Å². The normalized spacial score (nSPS) is 12.2. The van der Waals surface area contributed by atoms with Crippen LogP contribution in [0.5, 0.6) is 0 Å². The van der Waals surface area contributed by atoms with Crippen molar-refractivity contribution in [1.82, 2.24) is 4.98 Å². The average Bonchev–Trinajstić information content (AvgIpc) is 2.36. The van der Waals surface area contributed by atoms with E-state index in [-0.39, 0.29) is 0 Å². The Morgan fingerprint density at radius 3 is 2.65 bits per heavy atom. The predicted molar refractivity (Wildman–Crippen MR) is 85.2 cm³/mol. The minimum absolute atomic E-state index is 0.336. The lowest BCUT2D eigenvalue weighted by Gasteiger charge is -2.14. The molecule has 1 unspecified atom stereocenters. The van der Waals surface area contributed by atoms with Crippen LogP contribution in [-0.4, -0.2) is 16.1 Å². The summed E-state index contributed by atoms with van der Waals surface area (Å²) in [4.78, 5) is 15.7. The number of carboxylic acids is 1. The number of hydrogen-bond donors (Lipinski definition) is 1. The van der Waals surface area contributed by atoms with Crippen LogP contribution in [0.3, 0.4) is 0 Å². The monoisotopic (exact) mass is 417 g/mol. The lowest BCUT2D eigenvalue weighted by molar-refractivity contribution is -0.138. The second kappa shape index (κ2) is 6.70. The highest BCUT2D eigenvalue weighted by Crippen LogP contribution is 2.28. The van der Waals surface area contributed by atoms with Crippen molar-refractivity contribution in [1.29, 1.82) is 0 Å². The first-order valence-electron chi connectivity index (χ1n) is 5.75. The Balaban J connectivity index is 2.34. The molecule has 1 aromatic carbocycles. The van der Waals surface area contributed by atoms with Gasteiger partial charge in [-0.3, -0.25) is 9.78 Å². The van der Waals surface area contributed by atoms with E-state index < -0.39 is 11.9 Å². The van der Waals surface area contributed by atoms with Crippen LogP contribution in [-0.2, 0) is 11.2 Å². The van der Waals surface area contributed by atoms with Crippen molar-refractivity contribution in [3.8, 4) is 0 Å². The van der Waals surface area contributed by atoms with Gasteiger partial charge in [-0.1, -0.05) is 39.7 Å². The summed E-state index contributed by atoms with van der Waals surface area (Å²) in [5, 5.41) is 9.78. The fourth-order valence-electron chi connectivity index (χ4n) is 1.88. The molecule has 6 heteroatoms. The van der Waals surface area contributed by atoms with Gasteiger partial charge in [-0.25, -0.2) is 0 Å². The molecule has 20 heavy (non-hydrogen) atoms. The molecule has 1 N–H and O–H groups in total. The van der Waals surface area contributed by atoms with Gasteiger partial charge in [0, 0.05) is 15.1 Å². The van der Waals surface area contributed by atoms with Crippen molar-refractivity contribution in [3.05, 3.63) is 61.8 Å². The zero-order chi connectivity index (χ0) is 14.7. The molecular formula is C14H10Br2ClNO2. The molecule has 3 nitrogen and oxygen atoms in total. The first-order valence-corrected chi connectivity index (χ1v) is 7.72. The molecule has 1 aromatic heterocycles. The standard InChI is InChI=1S/C14H10Br2ClNO2/c15-9-3-1-2-8(4-9)5-11(14(19)20)13-12(17)6-10(16)7-18-13/h1-4,6-7,11H,5H2,(H,19,20). The number of aromatic nitrogens is 1. The number of rotatable bonds is 4. The SMILES string of the molecule is O=C(O)C(Cc1cccc(Br)c1)c1ncc(Br)cc1Cl. The fourth-order valence-corrected chi connectivity index (χ4v) is 3.09. The van der Waals surface area contributed by atoms with Gasteiger partial charge in [-0.2, -0.15) is 0 Å². The molecule has 0 aliphatic heterocycles. The largest absolute Gasteiger partial charge is 0.481 e.